The van der Waals surface area contributed by atoms with Gasteiger partial charge >= 0.3 is 5.97 Å². The molecule has 0 saturated carbocycles. The third-order valence-electron chi connectivity index (χ3n) is 3.81. The van der Waals surface area contributed by atoms with Crippen LogP contribution in [0.1, 0.15) is 10.4 Å². The highest BCUT2D eigenvalue weighted by Gasteiger charge is 2.09. The molecule has 0 aliphatic rings. The van der Waals surface area contributed by atoms with Crippen LogP contribution in [0.4, 0.5) is 0 Å². The van der Waals surface area contributed by atoms with Crippen LogP contribution in [0.5, 0.6) is 0 Å². The van der Waals surface area contributed by atoms with Gasteiger partial charge in [-0.15, -0.1) is 0 Å². The fraction of sp³-hybridized carbons (Fsp3) is 0.0556. The van der Waals surface area contributed by atoms with Crippen molar-refractivity contribution in [2.75, 3.05) is 7.11 Å². The third-order valence-corrected chi connectivity index (χ3v) is 3.81. The fourth-order valence-corrected chi connectivity index (χ4v) is 2.73. The number of carbonyl (C=O) groups excluding carboxylic acids is 1. The molecule has 0 aliphatic heterocycles. The minimum atomic E-state index is -0.382. The molecule has 4 rings (SSSR count). The zero-order valence-corrected chi connectivity index (χ0v) is 11.9. The predicted molar refractivity (Wildman–Crippen MR) is 85.9 cm³/mol. The van der Waals surface area contributed by atoms with Gasteiger partial charge < -0.3 is 4.74 Å². The van der Waals surface area contributed by atoms with E-state index < -0.39 is 0 Å². The van der Waals surface area contributed by atoms with Crippen molar-refractivity contribution in [1.29, 1.82) is 0 Å². The van der Waals surface area contributed by atoms with Crippen molar-refractivity contribution < 1.29 is 9.53 Å². The van der Waals surface area contributed by atoms with Gasteiger partial charge in [0.05, 0.1) is 23.7 Å². The van der Waals surface area contributed by atoms with Crippen LogP contribution in [0.25, 0.3) is 32.6 Å². The zero-order valence-electron chi connectivity index (χ0n) is 11.9. The van der Waals surface area contributed by atoms with Crippen LogP contribution in [0.3, 0.4) is 0 Å². The molecule has 0 N–H and O–H groups in total. The summed E-state index contributed by atoms with van der Waals surface area (Å²) >= 11 is 0. The fourth-order valence-electron chi connectivity index (χ4n) is 2.73. The minimum Gasteiger partial charge on any atom is -0.465 e. The largest absolute Gasteiger partial charge is 0.465 e. The second-order valence-electron chi connectivity index (χ2n) is 5.12. The number of hydrogen-bond acceptors (Lipinski definition) is 4. The molecule has 0 spiro atoms. The van der Waals surface area contributed by atoms with Gasteiger partial charge in [-0.25, -0.2) is 4.79 Å². The highest BCUT2D eigenvalue weighted by molar-refractivity contribution is 6.09. The van der Waals surface area contributed by atoms with Gasteiger partial charge in [0.15, 0.2) is 0 Å². The molecule has 0 saturated heterocycles. The molecule has 2 aromatic heterocycles. The van der Waals surface area contributed by atoms with Gasteiger partial charge in [0.1, 0.15) is 0 Å². The molecule has 22 heavy (non-hydrogen) atoms. The summed E-state index contributed by atoms with van der Waals surface area (Å²) < 4.78 is 4.76. The van der Waals surface area contributed by atoms with Gasteiger partial charge in [0, 0.05) is 28.6 Å². The Bertz CT molecular complexity index is 1040. The first-order chi connectivity index (χ1) is 10.8. The van der Waals surface area contributed by atoms with Crippen molar-refractivity contribution in [2.24, 2.45) is 0 Å². The van der Waals surface area contributed by atoms with Gasteiger partial charge in [-0.1, -0.05) is 18.2 Å². The van der Waals surface area contributed by atoms with E-state index in [1.807, 2.05) is 24.3 Å². The summed E-state index contributed by atoms with van der Waals surface area (Å²) in [4.78, 5) is 20.5. The molecule has 0 bridgehead atoms. The van der Waals surface area contributed by atoms with Gasteiger partial charge in [0.25, 0.3) is 0 Å². The minimum absolute atomic E-state index is 0.382. The first kappa shape index (κ1) is 12.7. The molecule has 0 fully saturated rings. The second kappa shape index (κ2) is 4.77. The molecule has 0 amide bonds. The van der Waals surface area contributed by atoms with Gasteiger partial charge in [-0.2, -0.15) is 0 Å². The Balaban J connectivity index is 2.11. The van der Waals surface area contributed by atoms with Crippen molar-refractivity contribution in [1.82, 2.24) is 9.97 Å². The summed E-state index contributed by atoms with van der Waals surface area (Å²) in [6, 6.07) is 13.9. The van der Waals surface area contributed by atoms with Crippen molar-refractivity contribution in [2.45, 2.75) is 0 Å². The summed E-state index contributed by atoms with van der Waals surface area (Å²) in [7, 11) is 1.37. The van der Waals surface area contributed by atoms with E-state index in [0.29, 0.717) is 5.56 Å². The van der Waals surface area contributed by atoms with Crippen LogP contribution in [0, 0.1) is 0 Å². The van der Waals surface area contributed by atoms with Crippen LogP contribution >= 0.6 is 0 Å². The molecule has 106 valence electrons. The van der Waals surface area contributed by atoms with E-state index in [9.17, 15) is 4.79 Å². The maximum absolute atomic E-state index is 11.7. The molecule has 0 aliphatic carbocycles. The number of esters is 1. The number of benzene rings is 1. The lowest BCUT2D eigenvalue weighted by molar-refractivity contribution is 0.0600. The van der Waals surface area contributed by atoms with Crippen molar-refractivity contribution in [3.05, 3.63) is 60.4 Å². The highest BCUT2D eigenvalue weighted by Crippen LogP contribution is 2.27. The van der Waals surface area contributed by atoms with Gasteiger partial charge in [-0.3, -0.25) is 9.97 Å². The molecule has 4 aromatic rings. The van der Waals surface area contributed by atoms with Crippen LogP contribution in [0.15, 0.2) is 54.9 Å². The van der Waals surface area contributed by atoms with E-state index in [2.05, 4.69) is 22.1 Å². The lowest BCUT2D eigenvalue weighted by Gasteiger charge is -2.01. The first-order valence-electron chi connectivity index (χ1n) is 6.92. The van der Waals surface area contributed by atoms with Crippen LogP contribution < -0.4 is 0 Å². The Hall–Kier alpha value is -3.01. The third kappa shape index (κ3) is 1.89. The Morgan fingerprint density at radius 1 is 1.00 bits per heavy atom. The van der Waals surface area contributed by atoms with E-state index in [0.717, 1.165) is 32.6 Å². The molecule has 4 nitrogen and oxygen atoms in total. The number of rotatable bonds is 1. The van der Waals surface area contributed by atoms with E-state index in [-0.39, 0.29) is 5.97 Å². The van der Waals surface area contributed by atoms with E-state index in [1.165, 1.54) is 7.11 Å². The van der Waals surface area contributed by atoms with Crippen LogP contribution in [-0.2, 0) is 4.74 Å². The summed E-state index contributed by atoms with van der Waals surface area (Å²) in [6.45, 7) is 0. The Labute approximate surface area is 126 Å². The SMILES string of the molecule is COC(=O)c1cnc2c(cccc3cc4nccc4cc32)c1. The number of ether oxygens (including phenoxy) is 1. The molecule has 2 heterocycles. The lowest BCUT2D eigenvalue weighted by Crippen LogP contribution is -2.01. The van der Waals surface area contributed by atoms with Crippen molar-refractivity contribution >= 4 is 38.5 Å². The molecule has 0 unspecified atom stereocenters. The average Bonchev–Trinajstić information content (AvgIpc) is 2.93. The smallest absolute Gasteiger partial charge is 0.339 e. The number of fused-ring (bicyclic) bond motifs is 4. The molecular formula is C18H12N2O2. The summed E-state index contributed by atoms with van der Waals surface area (Å²) in [5.74, 6) is -0.382. The normalized spacial score (nSPS) is 11.1. The van der Waals surface area contributed by atoms with Crippen molar-refractivity contribution in [3.8, 4) is 0 Å². The Kier molecular flexibility index (Phi) is 2.76. The van der Waals surface area contributed by atoms with Gasteiger partial charge in [0.2, 0.25) is 0 Å². The average molecular weight is 288 g/mol. The number of carbonyl (C=O) groups is 1. The molecular weight excluding hydrogens is 276 g/mol. The second-order valence-corrected chi connectivity index (χ2v) is 5.12. The Morgan fingerprint density at radius 3 is 2.73 bits per heavy atom. The highest BCUT2D eigenvalue weighted by atomic mass is 16.5. The number of pyridine rings is 1. The number of hydrogen-bond donors (Lipinski definition) is 0. The topological polar surface area (TPSA) is 52.1 Å². The standard InChI is InChI=1S/C18H12N2O2/c1-22-18(21)14-7-13-4-2-3-11-9-16-12(5-6-19-16)8-15(11)17(13)20-10-14/h2-10H,1H3. The molecule has 0 atom stereocenters. The number of methoxy groups -OCH3 is 1. The zero-order chi connectivity index (χ0) is 15.1. The van der Waals surface area contributed by atoms with Crippen LogP contribution in [-0.4, -0.2) is 23.0 Å². The van der Waals surface area contributed by atoms with E-state index >= 15 is 0 Å². The summed E-state index contributed by atoms with van der Waals surface area (Å²) in [6.07, 6.45) is 3.36. The number of nitrogens with zero attached hydrogens (tertiary/aromatic N) is 2. The summed E-state index contributed by atoms with van der Waals surface area (Å²) in [5.41, 5.74) is 2.28. The summed E-state index contributed by atoms with van der Waals surface area (Å²) in [5, 5.41) is 4.09. The maximum atomic E-state index is 11.7. The molecule has 0 radical (unpaired) electrons. The molecule has 2 aromatic carbocycles. The lowest BCUT2D eigenvalue weighted by atomic mass is 10.1. The quantitative estimate of drug-likeness (QED) is 0.501. The Morgan fingerprint density at radius 2 is 1.86 bits per heavy atom. The van der Waals surface area contributed by atoms with Gasteiger partial charge in [-0.05, 0) is 29.7 Å². The molecule has 4 heteroatoms. The van der Waals surface area contributed by atoms with Crippen molar-refractivity contribution in [3.63, 3.8) is 0 Å². The van der Waals surface area contributed by atoms with E-state index in [1.54, 1.807) is 18.5 Å². The maximum Gasteiger partial charge on any atom is 0.339 e. The first-order valence-corrected chi connectivity index (χ1v) is 6.92. The number of aromatic nitrogens is 2. The predicted octanol–water partition coefficient (Wildman–Crippen LogP) is 3.72. The van der Waals surface area contributed by atoms with E-state index in [4.69, 9.17) is 4.74 Å². The van der Waals surface area contributed by atoms with Crippen LogP contribution in [0.2, 0.25) is 0 Å². The monoisotopic (exact) mass is 288 g/mol.